The maximum atomic E-state index is 12.1. The third kappa shape index (κ3) is 7.09. The monoisotopic (exact) mass is 562 g/mol. The van der Waals surface area contributed by atoms with Gasteiger partial charge in [0.15, 0.2) is 0 Å². The van der Waals surface area contributed by atoms with E-state index < -0.39 is 5.97 Å². The molecule has 0 amide bonds. The molecule has 2 aromatic carbocycles. The molecule has 228 valence electrons. The van der Waals surface area contributed by atoms with Crippen LogP contribution in [0.1, 0.15) is 167 Å². The number of carboxylic acid groups (broad SMARTS) is 1. The van der Waals surface area contributed by atoms with Crippen molar-refractivity contribution in [1.82, 2.24) is 0 Å². The first-order valence-corrected chi connectivity index (χ1v) is 15.7. The third-order valence-corrected chi connectivity index (χ3v) is 10.5. The van der Waals surface area contributed by atoms with E-state index in [4.69, 9.17) is 0 Å². The normalized spacial score (nSPS) is 14.3. The maximum absolute atomic E-state index is 12.1. The van der Waals surface area contributed by atoms with Gasteiger partial charge >= 0.3 is 5.97 Å². The number of hydrogen-bond acceptors (Lipinski definition) is 2. The van der Waals surface area contributed by atoms with Crippen LogP contribution in [0, 0.1) is 0 Å². The van der Waals surface area contributed by atoms with E-state index in [1.54, 1.807) is 6.92 Å². The second-order valence-corrected chi connectivity index (χ2v) is 14.8. The first-order chi connectivity index (χ1) is 18.7. The van der Waals surface area contributed by atoms with Crippen molar-refractivity contribution in [3.63, 3.8) is 0 Å². The average molecular weight is 563 g/mol. The minimum Gasteiger partial charge on any atom is -0.507 e. The van der Waals surface area contributed by atoms with Crippen LogP contribution in [0.25, 0.3) is 6.08 Å². The van der Waals surface area contributed by atoms with Gasteiger partial charge in [0, 0.05) is 22.6 Å². The molecule has 0 saturated carbocycles. The number of hydrogen-bond donors (Lipinski definition) is 2. The highest BCUT2D eigenvalue weighted by Crippen LogP contribution is 2.47. The molecule has 3 nitrogen and oxygen atoms in total. The predicted octanol–water partition coefficient (Wildman–Crippen LogP) is 10.8. The van der Waals surface area contributed by atoms with E-state index in [2.05, 4.69) is 114 Å². The fraction of sp³-hybridized carbons (Fsp3) is 0.605. The zero-order valence-electron chi connectivity index (χ0n) is 28.6. The summed E-state index contributed by atoms with van der Waals surface area (Å²) >= 11 is 0. The first-order valence-electron chi connectivity index (χ1n) is 15.7. The SMILES string of the molecule is CCC(C)(C)c1cc(C(C)c2cc(C(C)(C)CC)cc(C(C)(C)CC)c2/C=C(\C)C(=O)O)c(O)c(C(C)(C)CC)c1. The molecule has 1 atom stereocenters. The van der Waals surface area contributed by atoms with E-state index >= 15 is 0 Å². The molecule has 0 aliphatic rings. The summed E-state index contributed by atoms with van der Waals surface area (Å²) in [6, 6.07) is 9.02. The summed E-state index contributed by atoms with van der Waals surface area (Å²) in [6.45, 7) is 30.7. The quantitative estimate of drug-likeness (QED) is 0.253. The summed E-state index contributed by atoms with van der Waals surface area (Å²) in [4.78, 5) is 12.1. The zero-order chi connectivity index (χ0) is 31.7. The zero-order valence-corrected chi connectivity index (χ0v) is 28.6. The van der Waals surface area contributed by atoms with Gasteiger partial charge in [0.2, 0.25) is 0 Å². The minimum atomic E-state index is -0.914. The first kappa shape index (κ1) is 34.7. The number of rotatable bonds is 12. The molecule has 0 aliphatic heterocycles. The smallest absolute Gasteiger partial charge is 0.331 e. The van der Waals surface area contributed by atoms with E-state index in [0.717, 1.165) is 47.9 Å². The fourth-order valence-corrected chi connectivity index (χ4v) is 5.27. The van der Waals surface area contributed by atoms with Crippen molar-refractivity contribution in [2.45, 2.75) is 150 Å². The molecule has 0 heterocycles. The molecule has 2 N–H and O–H groups in total. The number of benzene rings is 2. The summed E-state index contributed by atoms with van der Waals surface area (Å²) in [7, 11) is 0. The predicted molar refractivity (Wildman–Crippen MR) is 177 cm³/mol. The summed E-state index contributed by atoms with van der Waals surface area (Å²) in [5, 5.41) is 21.9. The van der Waals surface area contributed by atoms with E-state index in [1.165, 1.54) is 16.7 Å². The van der Waals surface area contributed by atoms with Crippen molar-refractivity contribution in [3.05, 3.63) is 68.8 Å². The molecule has 0 aromatic heterocycles. The van der Waals surface area contributed by atoms with E-state index in [0.29, 0.717) is 11.3 Å². The van der Waals surface area contributed by atoms with Gasteiger partial charge in [-0.1, -0.05) is 114 Å². The largest absolute Gasteiger partial charge is 0.507 e. The number of carboxylic acids is 1. The number of phenols is 1. The second kappa shape index (κ2) is 12.4. The topological polar surface area (TPSA) is 57.5 Å². The highest BCUT2D eigenvalue weighted by molar-refractivity contribution is 5.92. The lowest BCUT2D eigenvalue weighted by Gasteiger charge is -2.34. The Kier molecular flexibility index (Phi) is 10.4. The van der Waals surface area contributed by atoms with Crippen LogP contribution in [0.3, 0.4) is 0 Å². The van der Waals surface area contributed by atoms with E-state index in [-0.39, 0.29) is 27.6 Å². The average Bonchev–Trinajstić information content (AvgIpc) is 2.92. The van der Waals surface area contributed by atoms with Crippen LogP contribution >= 0.6 is 0 Å². The van der Waals surface area contributed by atoms with Crippen molar-refractivity contribution in [1.29, 1.82) is 0 Å². The van der Waals surface area contributed by atoms with Gasteiger partial charge in [0.1, 0.15) is 5.75 Å². The summed E-state index contributed by atoms with van der Waals surface area (Å²) in [6.07, 6.45) is 5.65. The number of phenolic OH excluding ortho intramolecular Hbond substituents is 1. The van der Waals surface area contributed by atoms with Crippen LogP contribution in [-0.4, -0.2) is 16.2 Å². The molecule has 0 bridgehead atoms. The van der Waals surface area contributed by atoms with Gasteiger partial charge in [-0.05, 0) is 88.2 Å². The third-order valence-electron chi connectivity index (χ3n) is 10.5. The van der Waals surface area contributed by atoms with Crippen molar-refractivity contribution in [2.75, 3.05) is 0 Å². The summed E-state index contributed by atoms with van der Waals surface area (Å²) in [5.41, 5.74) is 7.44. The van der Waals surface area contributed by atoms with Gasteiger partial charge in [-0.25, -0.2) is 4.79 Å². The lowest BCUT2D eigenvalue weighted by molar-refractivity contribution is -0.132. The van der Waals surface area contributed by atoms with Gasteiger partial charge in [0.25, 0.3) is 0 Å². The molecule has 0 saturated heterocycles. The van der Waals surface area contributed by atoms with Crippen LogP contribution in [0.2, 0.25) is 0 Å². The standard InChI is InChI=1S/C38H58O3/c1-15-35(7,8)26-20-28(30(19-24(5)34(40)41)31(22-26)37(11,12)17-3)25(6)29-21-27(36(9,10)16-2)23-32(33(29)39)38(13,14)18-4/h19-23,25,39H,15-18H2,1-14H3,(H,40,41)/b24-19+. The molecule has 3 heteroatoms. The molecular weight excluding hydrogens is 504 g/mol. The van der Waals surface area contributed by atoms with E-state index in [9.17, 15) is 15.0 Å². The summed E-state index contributed by atoms with van der Waals surface area (Å²) in [5.74, 6) is -0.703. The Morgan fingerprint density at radius 1 is 0.707 bits per heavy atom. The van der Waals surface area contributed by atoms with Crippen molar-refractivity contribution >= 4 is 12.0 Å². The fourth-order valence-electron chi connectivity index (χ4n) is 5.27. The Morgan fingerprint density at radius 3 is 1.51 bits per heavy atom. The highest BCUT2D eigenvalue weighted by atomic mass is 16.4. The molecule has 2 rings (SSSR count). The van der Waals surface area contributed by atoms with Gasteiger partial charge in [-0.3, -0.25) is 0 Å². The molecule has 1 unspecified atom stereocenters. The van der Waals surface area contributed by atoms with E-state index in [1.807, 2.05) is 6.08 Å². The minimum absolute atomic E-state index is 0.0508. The second-order valence-electron chi connectivity index (χ2n) is 14.8. The van der Waals surface area contributed by atoms with Crippen LogP contribution in [0.5, 0.6) is 5.75 Å². The Labute approximate surface area is 251 Å². The number of carbonyl (C=O) groups is 1. The molecule has 2 aromatic rings. The molecule has 0 spiro atoms. The van der Waals surface area contributed by atoms with Crippen molar-refractivity contribution < 1.29 is 15.0 Å². The lowest BCUT2D eigenvalue weighted by Crippen LogP contribution is -2.24. The molecule has 0 aliphatic carbocycles. The van der Waals surface area contributed by atoms with Crippen LogP contribution in [0.4, 0.5) is 0 Å². The molecule has 0 fully saturated rings. The summed E-state index contributed by atoms with van der Waals surface area (Å²) < 4.78 is 0. The highest BCUT2D eigenvalue weighted by Gasteiger charge is 2.33. The van der Waals surface area contributed by atoms with Gasteiger partial charge in [-0.15, -0.1) is 0 Å². The van der Waals surface area contributed by atoms with Crippen LogP contribution < -0.4 is 0 Å². The molecular formula is C38H58O3. The Bertz CT molecular complexity index is 1290. The van der Waals surface area contributed by atoms with Gasteiger partial charge in [0.05, 0.1) is 0 Å². The lowest BCUT2D eigenvalue weighted by atomic mass is 9.70. The molecule has 41 heavy (non-hydrogen) atoms. The van der Waals surface area contributed by atoms with Crippen molar-refractivity contribution in [2.24, 2.45) is 0 Å². The van der Waals surface area contributed by atoms with Crippen LogP contribution in [-0.2, 0) is 26.5 Å². The van der Waals surface area contributed by atoms with Crippen LogP contribution in [0.15, 0.2) is 29.8 Å². The number of aromatic hydroxyl groups is 1. The maximum Gasteiger partial charge on any atom is 0.331 e. The Hall–Kier alpha value is -2.55. The van der Waals surface area contributed by atoms with Gasteiger partial charge in [-0.2, -0.15) is 0 Å². The number of aliphatic carboxylic acids is 1. The van der Waals surface area contributed by atoms with Crippen molar-refractivity contribution in [3.8, 4) is 5.75 Å². The van der Waals surface area contributed by atoms with Gasteiger partial charge < -0.3 is 10.2 Å². The molecule has 0 radical (unpaired) electrons. The Balaban J connectivity index is 3.17. The Morgan fingerprint density at radius 2 is 1.10 bits per heavy atom.